The molecule has 0 fully saturated rings. The molecule has 3 rings (SSSR count). The Labute approximate surface area is 172 Å². The first-order chi connectivity index (χ1) is 13.5. The van der Waals surface area contributed by atoms with E-state index in [2.05, 4.69) is 15.7 Å². The second kappa shape index (κ2) is 9.39. The smallest absolute Gasteiger partial charge is 0.255 e. The molecule has 1 heterocycles. The van der Waals surface area contributed by atoms with Gasteiger partial charge in [0.2, 0.25) is 0 Å². The lowest BCUT2D eigenvalue weighted by atomic mass is 10.1. The molecule has 0 bridgehead atoms. The van der Waals surface area contributed by atoms with Gasteiger partial charge in [-0.25, -0.2) is 0 Å². The zero-order valence-electron chi connectivity index (χ0n) is 14.9. The van der Waals surface area contributed by atoms with Gasteiger partial charge in [-0.2, -0.15) is 5.10 Å². The van der Waals surface area contributed by atoms with Crippen molar-refractivity contribution >= 4 is 40.7 Å². The van der Waals surface area contributed by atoms with Gasteiger partial charge in [0, 0.05) is 52.3 Å². The minimum atomic E-state index is -0.333. The number of carbonyl (C=O) groups is 2. The quantitative estimate of drug-likeness (QED) is 0.564. The number of hydrogen-bond acceptors (Lipinski definition) is 3. The summed E-state index contributed by atoms with van der Waals surface area (Å²) in [6, 6.07) is 13.1. The van der Waals surface area contributed by atoms with Crippen LogP contribution < -0.4 is 10.6 Å². The van der Waals surface area contributed by atoms with Crippen LogP contribution in [0.1, 0.15) is 27.1 Å². The van der Waals surface area contributed by atoms with Gasteiger partial charge in [0.15, 0.2) is 0 Å². The molecule has 2 amide bonds. The van der Waals surface area contributed by atoms with E-state index in [4.69, 9.17) is 23.2 Å². The molecule has 0 aliphatic rings. The van der Waals surface area contributed by atoms with Crippen molar-refractivity contribution in [2.24, 2.45) is 0 Å². The summed E-state index contributed by atoms with van der Waals surface area (Å²) < 4.78 is 1.82. The fraction of sp³-hybridized carbons (Fsp3) is 0.150. The third-order valence-corrected chi connectivity index (χ3v) is 4.37. The Hall–Kier alpha value is -2.83. The van der Waals surface area contributed by atoms with Crippen LogP contribution in [0, 0.1) is 0 Å². The van der Waals surface area contributed by atoms with Crippen LogP contribution in [0.15, 0.2) is 60.9 Å². The highest BCUT2D eigenvalue weighted by molar-refractivity contribution is 6.35. The summed E-state index contributed by atoms with van der Waals surface area (Å²) in [5.41, 5.74) is 1.44. The summed E-state index contributed by atoms with van der Waals surface area (Å²) in [5, 5.41) is 10.5. The fourth-order valence-electron chi connectivity index (χ4n) is 2.57. The Morgan fingerprint density at radius 3 is 2.32 bits per heavy atom. The monoisotopic (exact) mass is 416 g/mol. The molecule has 0 aliphatic carbocycles. The minimum absolute atomic E-state index is 0.167. The number of halogens is 2. The zero-order valence-corrected chi connectivity index (χ0v) is 16.4. The van der Waals surface area contributed by atoms with Crippen molar-refractivity contribution < 1.29 is 9.59 Å². The van der Waals surface area contributed by atoms with Crippen molar-refractivity contribution in [3.63, 3.8) is 0 Å². The van der Waals surface area contributed by atoms with E-state index in [-0.39, 0.29) is 11.8 Å². The number of benzene rings is 2. The Morgan fingerprint density at radius 2 is 1.68 bits per heavy atom. The van der Waals surface area contributed by atoms with E-state index in [9.17, 15) is 9.59 Å². The van der Waals surface area contributed by atoms with Crippen LogP contribution in [0.4, 0.5) is 5.69 Å². The summed E-state index contributed by atoms with van der Waals surface area (Å²) in [5.74, 6) is -0.500. The third kappa shape index (κ3) is 5.58. The molecule has 0 atom stereocenters. The Kier molecular flexibility index (Phi) is 6.68. The summed E-state index contributed by atoms with van der Waals surface area (Å²) in [7, 11) is 0. The van der Waals surface area contributed by atoms with Gasteiger partial charge in [0.05, 0.1) is 0 Å². The van der Waals surface area contributed by atoms with Crippen molar-refractivity contribution in [1.29, 1.82) is 0 Å². The lowest BCUT2D eigenvalue weighted by molar-refractivity contribution is 0.0952. The van der Waals surface area contributed by atoms with E-state index in [0.717, 1.165) is 13.0 Å². The maximum Gasteiger partial charge on any atom is 0.255 e. The number of anilines is 1. The normalized spacial score (nSPS) is 10.5. The van der Waals surface area contributed by atoms with Crippen LogP contribution in [0.3, 0.4) is 0 Å². The molecule has 0 saturated heterocycles. The highest BCUT2D eigenvalue weighted by atomic mass is 35.5. The van der Waals surface area contributed by atoms with Gasteiger partial charge < -0.3 is 10.6 Å². The van der Waals surface area contributed by atoms with E-state index in [1.54, 1.807) is 36.5 Å². The lowest BCUT2D eigenvalue weighted by Gasteiger charge is -2.08. The molecule has 0 radical (unpaired) electrons. The number of aromatic nitrogens is 2. The topological polar surface area (TPSA) is 76.0 Å². The molecular formula is C20H18Cl2N4O2. The predicted molar refractivity (Wildman–Crippen MR) is 110 cm³/mol. The van der Waals surface area contributed by atoms with E-state index >= 15 is 0 Å². The molecule has 0 unspecified atom stereocenters. The van der Waals surface area contributed by atoms with Gasteiger partial charge in [-0.3, -0.25) is 14.3 Å². The van der Waals surface area contributed by atoms with Gasteiger partial charge in [0.25, 0.3) is 11.8 Å². The number of nitrogens with one attached hydrogen (secondary N) is 2. The first-order valence-electron chi connectivity index (χ1n) is 8.64. The first kappa shape index (κ1) is 19.9. The number of hydrogen-bond donors (Lipinski definition) is 2. The number of nitrogens with zero attached hydrogens (tertiary/aromatic N) is 2. The zero-order chi connectivity index (χ0) is 19.9. The average molecular weight is 417 g/mol. The molecule has 0 aliphatic heterocycles. The Balaban J connectivity index is 1.51. The van der Waals surface area contributed by atoms with E-state index in [0.29, 0.717) is 33.4 Å². The van der Waals surface area contributed by atoms with Crippen LogP contribution in [-0.2, 0) is 6.54 Å². The molecular weight excluding hydrogens is 399 g/mol. The second-order valence-electron chi connectivity index (χ2n) is 6.07. The van der Waals surface area contributed by atoms with Crippen molar-refractivity contribution in [3.8, 4) is 0 Å². The van der Waals surface area contributed by atoms with Crippen LogP contribution >= 0.6 is 23.2 Å². The summed E-state index contributed by atoms with van der Waals surface area (Å²) in [4.78, 5) is 24.5. The number of carbonyl (C=O) groups excluding carboxylic acids is 2. The van der Waals surface area contributed by atoms with Gasteiger partial charge in [-0.05, 0) is 55.0 Å². The van der Waals surface area contributed by atoms with Crippen LogP contribution in [0.25, 0.3) is 0 Å². The average Bonchev–Trinajstić information content (AvgIpc) is 3.18. The molecule has 144 valence electrons. The molecule has 0 spiro atoms. The van der Waals surface area contributed by atoms with Crippen molar-refractivity contribution in [3.05, 3.63) is 82.1 Å². The molecule has 2 N–H and O–H groups in total. The van der Waals surface area contributed by atoms with E-state index in [1.807, 2.05) is 16.9 Å². The van der Waals surface area contributed by atoms with Gasteiger partial charge in [0.1, 0.15) is 0 Å². The molecule has 28 heavy (non-hydrogen) atoms. The van der Waals surface area contributed by atoms with E-state index < -0.39 is 0 Å². The maximum atomic E-state index is 12.3. The SMILES string of the molecule is O=C(NCCCn1cccn1)c1ccc(NC(=O)c2cc(Cl)cc(Cl)c2)cc1. The lowest BCUT2D eigenvalue weighted by Crippen LogP contribution is -2.25. The molecule has 0 saturated carbocycles. The molecule has 8 heteroatoms. The Bertz CT molecular complexity index is 937. The summed E-state index contributed by atoms with van der Waals surface area (Å²) in [6.07, 6.45) is 4.38. The number of amides is 2. The molecule has 2 aromatic carbocycles. The van der Waals surface area contributed by atoms with Crippen LogP contribution in [-0.4, -0.2) is 28.1 Å². The Morgan fingerprint density at radius 1 is 0.964 bits per heavy atom. The van der Waals surface area contributed by atoms with Gasteiger partial charge in [-0.15, -0.1) is 0 Å². The third-order valence-electron chi connectivity index (χ3n) is 3.94. The fourth-order valence-corrected chi connectivity index (χ4v) is 3.10. The predicted octanol–water partition coefficient (Wildman–Crippen LogP) is 4.26. The standard InChI is InChI=1S/C20H18Cl2N4O2/c21-16-11-15(12-17(22)13-16)20(28)25-18-5-3-14(4-6-18)19(27)23-7-1-9-26-10-2-8-24-26/h2-6,8,10-13H,1,7,9H2,(H,23,27)(H,25,28). The molecule has 3 aromatic rings. The number of rotatable bonds is 7. The first-order valence-corrected chi connectivity index (χ1v) is 9.40. The van der Waals surface area contributed by atoms with Crippen molar-refractivity contribution in [2.45, 2.75) is 13.0 Å². The summed E-state index contributed by atoms with van der Waals surface area (Å²) >= 11 is 11.8. The summed E-state index contributed by atoms with van der Waals surface area (Å²) in [6.45, 7) is 1.29. The van der Waals surface area contributed by atoms with E-state index in [1.165, 1.54) is 12.1 Å². The highest BCUT2D eigenvalue weighted by Crippen LogP contribution is 2.20. The van der Waals surface area contributed by atoms with Crippen molar-refractivity contribution in [2.75, 3.05) is 11.9 Å². The maximum absolute atomic E-state index is 12.3. The molecule has 1 aromatic heterocycles. The van der Waals surface area contributed by atoms with Crippen molar-refractivity contribution in [1.82, 2.24) is 15.1 Å². The second-order valence-corrected chi connectivity index (χ2v) is 6.94. The largest absolute Gasteiger partial charge is 0.352 e. The number of aryl methyl sites for hydroxylation is 1. The van der Waals surface area contributed by atoms with Crippen LogP contribution in [0.5, 0.6) is 0 Å². The van der Waals surface area contributed by atoms with Gasteiger partial charge >= 0.3 is 0 Å². The minimum Gasteiger partial charge on any atom is -0.352 e. The highest BCUT2D eigenvalue weighted by Gasteiger charge is 2.10. The van der Waals surface area contributed by atoms with Gasteiger partial charge in [-0.1, -0.05) is 23.2 Å². The van der Waals surface area contributed by atoms with Crippen LogP contribution in [0.2, 0.25) is 10.0 Å². The molecule has 6 nitrogen and oxygen atoms in total.